The molecule has 1 atom stereocenters. The van der Waals surface area contributed by atoms with Crippen LogP contribution >= 0.6 is 0 Å². The predicted molar refractivity (Wildman–Crippen MR) is 115 cm³/mol. The molecule has 0 spiro atoms. The Kier molecular flexibility index (Phi) is 9.12. The normalized spacial score (nSPS) is 17.9. The molecule has 164 valence electrons. The third kappa shape index (κ3) is 8.45. The average molecular weight is 407 g/mol. The van der Waals surface area contributed by atoms with Crippen molar-refractivity contribution in [1.82, 2.24) is 0 Å². The van der Waals surface area contributed by atoms with Crippen LogP contribution in [0.3, 0.4) is 0 Å². The van der Waals surface area contributed by atoms with Crippen LogP contribution in [0.4, 0.5) is 0 Å². The summed E-state index contributed by atoms with van der Waals surface area (Å²) < 4.78 is 22.5. The van der Waals surface area contributed by atoms with Gasteiger partial charge in [0.2, 0.25) is 0 Å². The Labute approximate surface area is 176 Å². The van der Waals surface area contributed by atoms with Crippen LogP contribution in [0.25, 0.3) is 0 Å². The van der Waals surface area contributed by atoms with Gasteiger partial charge >= 0.3 is 0 Å². The second kappa shape index (κ2) is 11.1. The molecular formula is C24H38O5. The van der Waals surface area contributed by atoms with Gasteiger partial charge in [0.1, 0.15) is 12.4 Å². The lowest BCUT2D eigenvalue weighted by Gasteiger charge is -2.33. The van der Waals surface area contributed by atoms with E-state index in [-0.39, 0.29) is 17.1 Å². The molecule has 1 saturated heterocycles. The summed E-state index contributed by atoms with van der Waals surface area (Å²) in [5.74, 6) is 0.603. The maximum absolute atomic E-state index is 11.6. The van der Waals surface area contributed by atoms with Gasteiger partial charge in [-0.3, -0.25) is 4.79 Å². The van der Waals surface area contributed by atoms with Gasteiger partial charge in [0.15, 0.2) is 12.6 Å². The highest BCUT2D eigenvalue weighted by Crippen LogP contribution is 2.37. The molecule has 1 aliphatic heterocycles. The Morgan fingerprint density at radius 1 is 1.07 bits per heavy atom. The largest absolute Gasteiger partial charge is 0.490 e. The number of ether oxygens (including phenoxy) is 4. The molecular weight excluding hydrogens is 368 g/mol. The number of hydrogen-bond acceptors (Lipinski definition) is 5. The van der Waals surface area contributed by atoms with E-state index in [1.807, 2.05) is 12.1 Å². The van der Waals surface area contributed by atoms with E-state index in [0.29, 0.717) is 37.7 Å². The fourth-order valence-corrected chi connectivity index (χ4v) is 4.01. The molecule has 1 aliphatic rings. The van der Waals surface area contributed by atoms with Crippen LogP contribution in [-0.2, 0) is 19.6 Å². The van der Waals surface area contributed by atoms with Gasteiger partial charge in [0.25, 0.3) is 0 Å². The Morgan fingerprint density at radius 3 is 2.48 bits per heavy atom. The Hall–Kier alpha value is -1.43. The van der Waals surface area contributed by atoms with Gasteiger partial charge in [-0.05, 0) is 54.2 Å². The molecule has 0 aromatic heterocycles. The second-order valence-electron chi connectivity index (χ2n) is 9.62. The summed E-state index contributed by atoms with van der Waals surface area (Å²) in [4.78, 5) is 11.6. The van der Waals surface area contributed by atoms with E-state index < -0.39 is 0 Å². The van der Waals surface area contributed by atoms with Crippen LogP contribution in [0.1, 0.15) is 76.2 Å². The molecule has 0 bridgehead atoms. The van der Waals surface area contributed by atoms with Crippen molar-refractivity contribution in [3.63, 3.8) is 0 Å². The maximum atomic E-state index is 11.6. The predicted octanol–water partition coefficient (Wildman–Crippen LogP) is 5.15. The van der Waals surface area contributed by atoms with Gasteiger partial charge in [-0.2, -0.15) is 0 Å². The summed E-state index contributed by atoms with van der Waals surface area (Å²) in [7, 11) is 0. The van der Waals surface area contributed by atoms with Crippen molar-refractivity contribution in [3.8, 4) is 5.75 Å². The summed E-state index contributed by atoms with van der Waals surface area (Å²) >= 11 is 0. The van der Waals surface area contributed by atoms with Gasteiger partial charge in [-0.15, -0.1) is 0 Å². The molecule has 0 radical (unpaired) electrons. The van der Waals surface area contributed by atoms with Gasteiger partial charge in [0.05, 0.1) is 25.4 Å². The summed E-state index contributed by atoms with van der Waals surface area (Å²) in [6.45, 7) is 13.8. The number of carbonyl (C=O) groups is 1. The van der Waals surface area contributed by atoms with Crippen molar-refractivity contribution in [2.45, 2.75) is 72.0 Å². The molecule has 0 amide bonds. The fourth-order valence-electron chi connectivity index (χ4n) is 4.01. The van der Waals surface area contributed by atoms with Crippen molar-refractivity contribution in [2.24, 2.45) is 5.41 Å². The summed E-state index contributed by atoms with van der Waals surface area (Å²) in [5.41, 5.74) is 1.94. The smallest absolute Gasteiger partial charge is 0.157 e. The SMILES string of the molecule is CC(C)(C)CC(C)(C)c1ccc(OCCOCCOC2CCCCO2)c(C=O)c1. The van der Waals surface area contributed by atoms with Gasteiger partial charge in [0, 0.05) is 6.61 Å². The summed E-state index contributed by atoms with van der Waals surface area (Å²) in [6, 6.07) is 5.91. The van der Waals surface area contributed by atoms with E-state index in [0.717, 1.165) is 44.1 Å². The first-order chi connectivity index (χ1) is 13.7. The first-order valence-corrected chi connectivity index (χ1v) is 10.7. The quantitative estimate of drug-likeness (QED) is 0.376. The number of hydrogen-bond donors (Lipinski definition) is 0. The van der Waals surface area contributed by atoms with E-state index in [2.05, 4.69) is 40.7 Å². The molecule has 1 aromatic rings. The first kappa shape index (κ1) is 23.8. The summed E-state index contributed by atoms with van der Waals surface area (Å²) in [6.07, 6.45) is 5.04. The van der Waals surface area contributed by atoms with Crippen LogP contribution in [0.2, 0.25) is 0 Å². The lowest BCUT2D eigenvalue weighted by Crippen LogP contribution is -2.25. The molecule has 0 saturated carbocycles. The standard InChI is InChI=1S/C24H38O5/c1-23(2,3)18-24(4,5)20-9-10-21(19(16-20)17-25)27-14-12-26-13-15-29-22-8-6-7-11-28-22/h9-10,16-17,22H,6-8,11-15,18H2,1-5H3. The van der Waals surface area contributed by atoms with E-state index >= 15 is 0 Å². The highest BCUT2D eigenvalue weighted by Gasteiger charge is 2.27. The van der Waals surface area contributed by atoms with E-state index in [1.54, 1.807) is 0 Å². The molecule has 1 fully saturated rings. The van der Waals surface area contributed by atoms with Gasteiger partial charge in [-0.1, -0.05) is 40.7 Å². The molecule has 0 N–H and O–H groups in total. The molecule has 1 heterocycles. The average Bonchev–Trinajstić information content (AvgIpc) is 2.66. The van der Waals surface area contributed by atoms with Crippen molar-refractivity contribution >= 4 is 6.29 Å². The number of carbonyl (C=O) groups excluding carboxylic acids is 1. The van der Waals surface area contributed by atoms with Crippen LogP contribution < -0.4 is 4.74 Å². The minimum absolute atomic E-state index is 0.0142. The lowest BCUT2D eigenvalue weighted by molar-refractivity contribution is -0.169. The van der Waals surface area contributed by atoms with Crippen molar-refractivity contribution < 1.29 is 23.7 Å². The highest BCUT2D eigenvalue weighted by molar-refractivity contribution is 5.79. The van der Waals surface area contributed by atoms with Gasteiger partial charge in [-0.25, -0.2) is 0 Å². The first-order valence-electron chi connectivity index (χ1n) is 10.7. The summed E-state index contributed by atoms with van der Waals surface area (Å²) in [5, 5.41) is 0. The molecule has 5 nitrogen and oxygen atoms in total. The van der Waals surface area contributed by atoms with E-state index in [4.69, 9.17) is 18.9 Å². The topological polar surface area (TPSA) is 54.0 Å². The second-order valence-corrected chi connectivity index (χ2v) is 9.62. The molecule has 0 aliphatic carbocycles. The minimum Gasteiger partial charge on any atom is -0.490 e. The Balaban J connectivity index is 1.75. The number of benzene rings is 1. The highest BCUT2D eigenvalue weighted by atomic mass is 16.7. The lowest BCUT2D eigenvalue weighted by atomic mass is 9.72. The van der Waals surface area contributed by atoms with Crippen LogP contribution in [0, 0.1) is 5.41 Å². The molecule has 2 rings (SSSR count). The third-order valence-electron chi connectivity index (χ3n) is 5.05. The maximum Gasteiger partial charge on any atom is 0.157 e. The van der Waals surface area contributed by atoms with Crippen molar-refractivity contribution in [2.75, 3.05) is 33.0 Å². The zero-order chi connectivity index (χ0) is 21.3. The molecule has 1 aromatic carbocycles. The zero-order valence-electron chi connectivity index (χ0n) is 18.8. The number of aldehydes is 1. The van der Waals surface area contributed by atoms with Crippen LogP contribution in [-0.4, -0.2) is 45.6 Å². The van der Waals surface area contributed by atoms with E-state index in [9.17, 15) is 4.79 Å². The Morgan fingerprint density at radius 2 is 1.83 bits per heavy atom. The van der Waals surface area contributed by atoms with E-state index in [1.165, 1.54) is 0 Å². The molecule has 5 heteroatoms. The minimum atomic E-state index is -0.0835. The number of rotatable bonds is 11. The van der Waals surface area contributed by atoms with Crippen LogP contribution in [0.5, 0.6) is 5.75 Å². The van der Waals surface area contributed by atoms with Crippen LogP contribution in [0.15, 0.2) is 18.2 Å². The van der Waals surface area contributed by atoms with Gasteiger partial charge < -0.3 is 18.9 Å². The van der Waals surface area contributed by atoms with Crippen molar-refractivity contribution in [1.29, 1.82) is 0 Å². The Bertz CT molecular complexity index is 627. The monoisotopic (exact) mass is 406 g/mol. The zero-order valence-corrected chi connectivity index (χ0v) is 18.8. The molecule has 29 heavy (non-hydrogen) atoms. The fraction of sp³-hybridized carbons (Fsp3) is 0.708. The van der Waals surface area contributed by atoms with Crippen molar-refractivity contribution in [3.05, 3.63) is 29.3 Å². The molecule has 1 unspecified atom stereocenters. The third-order valence-corrected chi connectivity index (χ3v) is 5.05.